The van der Waals surface area contributed by atoms with Gasteiger partial charge < -0.3 is 9.47 Å². The Kier molecular flexibility index (Phi) is 9.12. The lowest BCUT2D eigenvalue weighted by Gasteiger charge is -2.37. The van der Waals surface area contributed by atoms with E-state index in [4.69, 9.17) is 9.47 Å². The zero-order chi connectivity index (χ0) is 26.0. The molecule has 0 amide bonds. The SMILES string of the molecule is CCOC(=O)CC(c1cc(OC)cc(-c2ccccc2)c1)N(Cc1ccccc1)C(C)c1ccccc1. The molecule has 37 heavy (non-hydrogen) atoms. The molecule has 4 aromatic carbocycles. The summed E-state index contributed by atoms with van der Waals surface area (Å²) in [6.45, 7) is 5.08. The Hall–Kier alpha value is -3.89. The molecule has 0 saturated carbocycles. The van der Waals surface area contributed by atoms with Crippen molar-refractivity contribution in [3.8, 4) is 16.9 Å². The molecule has 4 rings (SSSR count). The van der Waals surface area contributed by atoms with E-state index in [0.717, 1.165) is 22.4 Å². The van der Waals surface area contributed by atoms with E-state index in [1.54, 1.807) is 7.11 Å². The minimum absolute atomic E-state index is 0.0483. The second kappa shape index (κ2) is 12.9. The standard InChI is InChI=1S/C33H35NO3/c1-4-37-33(35)23-32(30-20-29(21-31(22-30)36-3)28-18-12-7-13-19-28)34(24-26-14-8-5-9-15-26)25(2)27-16-10-6-11-17-27/h5-22,25,32H,4,23-24H2,1-3H3. The van der Waals surface area contributed by atoms with Crippen LogP contribution in [0.25, 0.3) is 11.1 Å². The highest BCUT2D eigenvalue weighted by Crippen LogP contribution is 2.38. The van der Waals surface area contributed by atoms with Gasteiger partial charge in [-0.15, -0.1) is 0 Å². The Balaban J connectivity index is 1.84. The molecule has 0 bridgehead atoms. The maximum Gasteiger partial charge on any atom is 0.307 e. The van der Waals surface area contributed by atoms with Gasteiger partial charge in [-0.3, -0.25) is 9.69 Å². The van der Waals surface area contributed by atoms with Crippen LogP contribution in [0.15, 0.2) is 109 Å². The molecule has 4 heteroatoms. The minimum Gasteiger partial charge on any atom is -0.497 e. The summed E-state index contributed by atoms with van der Waals surface area (Å²) in [5.74, 6) is 0.548. The maximum absolute atomic E-state index is 13.0. The molecule has 0 fully saturated rings. The van der Waals surface area contributed by atoms with Crippen LogP contribution < -0.4 is 4.74 Å². The van der Waals surface area contributed by atoms with Crippen LogP contribution in [0, 0.1) is 0 Å². The molecule has 0 heterocycles. The number of benzene rings is 4. The number of carbonyl (C=O) groups excluding carboxylic acids is 1. The highest BCUT2D eigenvalue weighted by Gasteiger charge is 2.29. The lowest BCUT2D eigenvalue weighted by Crippen LogP contribution is -2.33. The third kappa shape index (κ3) is 6.87. The van der Waals surface area contributed by atoms with Gasteiger partial charge in [0.15, 0.2) is 0 Å². The van der Waals surface area contributed by atoms with Crippen molar-refractivity contribution in [1.82, 2.24) is 4.90 Å². The summed E-state index contributed by atoms with van der Waals surface area (Å²) >= 11 is 0. The van der Waals surface area contributed by atoms with E-state index in [9.17, 15) is 4.79 Å². The Morgan fingerprint density at radius 2 is 1.41 bits per heavy atom. The summed E-state index contributed by atoms with van der Waals surface area (Å²) in [5, 5.41) is 0. The van der Waals surface area contributed by atoms with Crippen molar-refractivity contribution >= 4 is 5.97 Å². The molecule has 0 radical (unpaired) electrons. The van der Waals surface area contributed by atoms with E-state index in [1.807, 2.05) is 49.4 Å². The van der Waals surface area contributed by atoms with Crippen LogP contribution in [0.3, 0.4) is 0 Å². The van der Waals surface area contributed by atoms with E-state index in [0.29, 0.717) is 13.2 Å². The molecule has 0 aromatic heterocycles. The summed E-state index contributed by atoms with van der Waals surface area (Å²) in [7, 11) is 1.68. The van der Waals surface area contributed by atoms with Crippen LogP contribution in [-0.2, 0) is 16.1 Å². The molecule has 0 aliphatic heterocycles. The van der Waals surface area contributed by atoms with Gasteiger partial charge in [0.05, 0.1) is 20.1 Å². The van der Waals surface area contributed by atoms with Crippen molar-refractivity contribution in [2.24, 2.45) is 0 Å². The zero-order valence-electron chi connectivity index (χ0n) is 21.8. The Morgan fingerprint density at radius 3 is 2.03 bits per heavy atom. The number of nitrogens with zero attached hydrogens (tertiary/aromatic N) is 1. The van der Waals surface area contributed by atoms with Gasteiger partial charge in [0, 0.05) is 18.6 Å². The summed E-state index contributed by atoms with van der Waals surface area (Å²) in [4.78, 5) is 15.4. The van der Waals surface area contributed by atoms with Gasteiger partial charge in [-0.1, -0.05) is 91.0 Å². The highest BCUT2D eigenvalue weighted by molar-refractivity contribution is 5.71. The Morgan fingerprint density at radius 1 is 0.784 bits per heavy atom. The van der Waals surface area contributed by atoms with Crippen LogP contribution in [0.5, 0.6) is 5.75 Å². The predicted octanol–water partition coefficient (Wildman–Crippen LogP) is 7.62. The molecule has 0 spiro atoms. The quantitative estimate of drug-likeness (QED) is 0.201. The number of hydrogen-bond donors (Lipinski definition) is 0. The van der Waals surface area contributed by atoms with Crippen LogP contribution >= 0.6 is 0 Å². The molecule has 0 saturated heterocycles. The first-order chi connectivity index (χ1) is 18.1. The highest BCUT2D eigenvalue weighted by atomic mass is 16.5. The Labute approximate surface area is 220 Å². The zero-order valence-corrected chi connectivity index (χ0v) is 21.8. The van der Waals surface area contributed by atoms with E-state index in [2.05, 4.69) is 78.6 Å². The fraction of sp³-hybridized carbons (Fsp3) is 0.242. The topological polar surface area (TPSA) is 38.8 Å². The molecule has 2 atom stereocenters. The number of ether oxygens (including phenoxy) is 2. The lowest BCUT2D eigenvalue weighted by molar-refractivity contribution is -0.145. The van der Waals surface area contributed by atoms with E-state index in [-0.39, 0.29) is 24.5 Å². The van der Waals surface area contributed by atoms with Crippen LogP contribution in [-0.4, -0.2) is 24.6 Å². The molecular weight excluding hydrogens is 458 g/mol. The van der Waals surface area contributed by atoms with Crippen molar-refractivity contribution in [1.29, 1.82) is 0 Å². The molecule has 4 nitrogen and oxygen atoms in total. The average Bonchev–Trinajstić information content (AvgIpc) is 2.96. The van der Waals surface area contributed by atoms with E-state index in [1.165, 1.54) is 11.1 Å². The van der Waals surface area contributed by atoms with E-state index >= 15 is 0 Å². The number of methoxy groups -OCH3 is 1. The average molecular weight is 494 g/mol. The third-order valence-electron chi connectivity index (χ3n) is 6.71. The fourth-order valence-electron chi connectivity index (χ4n) is 4.77. The summed E-state index contributed by atoms with van der Waals surface area (Å²) in [5.41, 5.74) is 5.55. The van der Waals surface area contributed by atoms with Gasteiger partial charge in [-0.05, 0) is 59.9 Å². The largest absolute Gasteiger partial charge is 0.497 e. The van der Waals surface area contributed by atoms with Gasteiger partial charge in [0.25, 0.3) is 0 Å². The third-order valence-corrected chi connectivity index (χ3v) is 6.71. The molecule has 2 unspecified atom stereocenters. The molecule has 0 aliphatic rings. The monoisotopic (exact) mass is 493 g/mol. The first-order valence-electron chi connectivity index (χ1n) is 12.8. The number of hydrogen-bond acceptors (Lipinski definition) is 4. The van der Waals surface area contributed by atoms with E-state index < -0.39 is 0 Å². The van der Waals surface area contributed by atoms with Crippen LogP contribution in [0.4, 0.5) is 0 Å². The maximum atomic E-state index is 13.0. The predicted molar refractivity (Wildman–Crippen MR) is 149 cm³/mol. The molecular formula is C33H35NO3. The van der Waals surface area contributed by atoms with Gasteiger partial charge in [0.2, 0.25) is 0 Å². The molecule has 0 aliphatic carbocycles. The molecule has 0 N–H and O–H groups in total. The molecule has 4 aromatic rings. The summed E-state index contributed by atoms with van der Waals surface area (Å²) in [6.07, 6.45) is 0.235. The summed E-state index contributed by atoms with van der Waals surface area (Å²) in [6, 6.07) is 37.2. The van der Waals surface area contributed by atoms with Crippen molar-refractivity contribution in [3.05, 3.63) is 126 Å². The first-order valence-corrected chi connectivity index (χ1v) is 12.8. The van der Waals surface area contributed by atoms with Gasteiger partial charge >= 0.3 is 5.97 Å². The van der Waals surface area contributed by atoms with Crippen molar-refractivity contribution in [2.75, 3.05) is 13.7 Å². The van der Waals surface area contributed by atoms with Gasteiger partial charge in [-0.2, -0.15) is 0 Å². The lowest BCUT2D eigenvalue weighted by atomic mass is 9.93. The van der Waals surface area contributed by atoms with Crippen LogP contribution in [0.1, 0.15) is 49.0 Å². The van der Waals surface area contributed by atoms with Crippen molar-refractivity contribution in [2.45, 2.75) is 38.9 Å². The van der Waals surface area contributed by atoms with Gasteiger partial charge in [0.1, 0.15) is 5.75 Å². The Bertz CT molecular complexity index is 1260. The van der Waals surface area contributed by atoms with Crippen molar-refractivity contribution in [3.63, 3.8) is 0 Å². The number of esters is 1. The van der Waals surface area contributed by atoms with Gasteiger partial charge in [-0.25, -0.2) is 0 Å². The second-order valence-corrected chi connectivity index (χ2v) is 9.13. The second-order valence-electron chi connectivity index (χ2n) is 9.13. The number of rotatable bonds is 11. The normalized spacial score (nSPS) is 12.6. The smallest absolute Gasteiger partial charge is 0.307 e. The summed E-state index contributed by atoms with van der Waals surface area (Å²) < 4.78 is 11.2. The minimum atomic E-state index is -0.230. The van der Waals surface area contributed by atoms with Crippen LogP contribution in [0.2, 0.25) is 0 Å². The fourth-order valence-corrected chi connectivity index (χ4v) is 4.77. The molecule has 190 valence electrons. The first kappa shape index (κ1) is 26.2. The number of carbonyl (C=O) groups is 1. The van der Waals surface area contributed by atoms with Crippen molar-refractivity contribution < 1.29 is 14.3 Å².